The maximum absolute atomic E-state index is 6.04. The van der Waals surface area contributed by atoms with Crippen molar-refractivity contribution in [1.82, 2.24) is 9.55 Å². The molecule has 130 valence electrons. The van der Waals surface area contributed by atoms with Crippen molar-refractivity contribution >= 4 is 22.6 Å². The van der Waals surface area contributed by atoms with Crippen molar-refractivity contribution in [3.8, 4) is 11.4 Å². The van der Waals surface area contributed by atoms with Crippen LogP contribution in [0.3, 0.4) is 0 Å². The van der Waals surface area contributed by atoms with Gasteiger partial charge >= 0.3 is 0 Å². The van der Waals surface area contributed by atoms with Crippen LogP contribution >= 0.6 is 11.6 Å². The summed E-state index contributed by atoms with van der Waals surface area (Å²) in [5.74, 6) is 1.52. The number of aromatic nitrogens is 2. The smallest absolute Gasteiger partial charge is 0.141 e. The van der Waals surface area contributed by atoms with Gasteiger partial charge in [-0.2, -0.15) is 0 Å². The second-order valence-electron chi connectivity index (χ2n) is 6.91. The Morgan fingerprint density at radius 1 is 0.885 bits per heavy atom. The lowest BCUT2D eigenvalue weighted by Gasteiger charge is -2.11. The summed E-state index contributed by atoms with van der Waals surface area (Å²) >= 11 is 6.04. The van der Waals surface area contributed by atoms with Gasteiger partial charge in [0.05, 0.1) is 11.0 Å². The van der Waals surface area contributed by atoms with Gasteiger partial charge in [0.25, 0.3) is 0 Å². The Balaban J connectivity index is 1.82. The highest BCUT2D eigenvalue weighted by molar-refractivity contribution is 6.30. The van der Waals surface area contributed by atoms with Crippen molar-refractivity contribution in [1.29, 1.82) is 0 Å². The minimum Gasteiger partial charge on any atom is -0.319 e. The van der Waals surface area contributed by atoms with Crippen LogP contribution in [-0.2, 0) is 6.54 Å². The highest BCUT2D eigenvalue weighted by Gasteiger charge is 2.13. The van der Waals surface area contributed by atoms with E-state index in [1.165, 1.54) is 11.1 Å². The van der Waals surface area contributed by atoms with Crippen LogP contribution in [0.2, 0.25) is 5.02 Å². The second kappa shape index (κ2) is 6.97. The highest BCUT2D eigenvalue weighted by atomic mass is 35.5. The number of halogens is 1. The maximum Gasteiger partial charge on any atom is 0.141 e. The Bertz CT molecular complexity index is 1030. The van der Waals surface area contributed by atoms with Gasteiger partial charge in [-0.25, -0.2) is 4.98 Å². The summed E-state index contributed by atoms with van der Waals surface area (Å²) in [7, 11) is 0. The minimum atomic E-state index is 0.525. The molecule has 0 aliphatic carbocycles. The molecule has 0 spiro atoms. The zero-order valence-corrected chi connectivity index (χ0v) is 15.7. The van der Waals surface area contributed by atoms with Gasteiger partial charge in [-0.3, -0.25) is 0 Å². The van der Waals surface area contributed by atoms with Crippen molar-refractivity contribution in [3.63, 3.8) is 0 Å². The highest BCUT2D eigenvalue weighted by Crippen LogP contribution is 2.27. The molecule has 0 N–H and O–H groups in total. The van der Waals surface area contributed by atoms with E-state index < -0.39 is 0 Å². The molecule has 4 aromatic rings. The monoisotopic (exact) mass is 360 g/mol. The van der Waals surface area contributed by atoms with Gasteiger partial charge < -0.3 is 4.57 Å². The van der Waals surface area contributed by atoms with E-state index in [1.807, 2.05) is 18.2 Å². The molecular formula is C23H21ClN2. The van der Waals surface area contributed by atoms with Crippen LogP contribution in [0.5, 0.6) is 0 Å². The van der Waals surface area contributed by atoms with E-state index in [0.717, 1.165) is 34.0 Å². The number of fused-ring (bicyclic) bond motifs is 1. The lowest BCUT2D eigenvalue weighted by Crippen LogP contribution is -2.02. The van der Waals surface area contributed by atoms with Crippen molar-refractivity contribution in [2.75, 3.05) is 0 Å². The van der Waals surface area contributed by atoms with Crippen LogP contribution in [-0.4, -0.2) is 9.55 Å². The van der Waals surface area contributed by atoms with Crippen LogP contribution in [0.4, 0.5) is 0 Å². The van der Waals surface area contributed by atoms with Gasteiger partial charge in [0.15, 0.2) is 0 Å². The maximum atomic E-state index is 6.04. The first-order valence-electron chi connectivity index (χ1n) is 8.92. The summed E-state index contributed by atoms with van der Waals surface area (Å²) in [5.41, 5.74) is 5.85. The van der Waals surface area contributed by atoms with E-state index >= 15 is 0 Å². The summed E-state index contributed by atoms with van der Waals surface area (Å²) in [4.78, 5) is 4.91. The Hall–Kier alpha value is -2.58. The quantitative estimate of drug-likeness (QED) is 0.404. The molecule has 0 amide bonds. The van der Waals surface area contributed by atoms with Gasteiger partial charge in [0.1, 0.15) is 5.82 Å². The Morgan fingerprint density at radius 2 is 1.58 bits per heavy atom. The molecular weight excluding hydrogens is 340 g/mol. The number of hydrogen-bond donors (Lipinski definition) is 0. The number of para-hydroxylation sites is 2. The van der Waals surface area contributed by atoms with Crippen LogP contribution < -0.4 is 0 Å². The fraction of sp³-hybridized carbons (Fsp3) is 0.174. The Morgan fingerprint density at radius 3 is 2.27 bits per heavy atom. The van der Waals surface area contributed by atoms with E-state index in [4.69, 9.17) is 16.6 Å². The molecule has 0 saturated heterocycles. The van der Waals surface area contributed by atoms with Crippen LogP contribution in [0.15, 0.2) is 72.8 Å². The van der Waals surface area contributed by atoms with Gasteiger partial charge in [0, 0.05) is 17.1 Å². The third kappa shape index (κ3) is 3.25. The minimum absolute atomic E-state index is 0.525. The zero-order chi connectivity index (χ0) is 18.1. The van der Waals surface area contributed by atoms with Crippen molar-refractivity contribution in [3.05, 3.63) is 88.9 Å². The molecule has 26 heavy (non-hydrogen) atoms. The standard InChI is InChI=1S/C23H21ClN2/c1-16(2)18-9-11-19(12-10-18)23-25-21-5-3-4-6-22(21)26(23)15-17-7-13-20(24)14-8-17/h3-14,16H,15H2,1-2H3. The van der Waals surface area contributed by atoms with Crippen molar-refractivity contribution in [2.45, 2.75) is 26.3 Å². The third-order valence-electron chi connectivity index (χ3n) is 4.74. The van der Waals surface area contributed by atoms with Gasteiger partial charge in [-0.05, 0) is 41.3 Å². The predicted octanol–water partition coefficient (Wildman–Crippen LogP) is 6.53. The molecule has 0 bridgehead atoms. The molecule has 3 heteroatoms. The summed E-state index contributed by atoms with van der Waals surface area (Å²) in [6, 6.07) is 25.1. The number of imidazole rings is 1. The van der Waals surface area contributed by atoms with E-state index in [1.54, 1.807) is 0 Å². The van der Waals surface area contributed by atoms with E-state index in [-0.39, 0.29) is 0 Å². The molecule has 0 fully saturated rings. The fourth-order valence-corrected chi connectivity index (χ4v) is 3.37. The first-order valence-corrected chi connectivity index (χ1v) is 9.29. The number of hydrogen-bond acceptors (Lipinski definition) is 1. The zero-order valence-electron chi connectivity index (χ0n) is 15.0. The van der Waals surface area contributed by atoms with E-state index in [2.05, 4.69) is 73.0 Å². The van der Waals surface area contributed by atoms with Crippen LogP contribution in [0.25, 0.3) is 22.4 Å². The lowest BCUT2D eigenvalue weighted by atomic mass is 10.0. The molecule has 2 nitrogen and oxygen atoms in total. The molecule has 0 unspecified atom stereocenters. The number of rotatable bonds is 4. The third-order valence-corrected chi connectivity index (χ3v) is 5.00. The molecule has 0 saturated carbocycles. The van der Waals surface area contributed by atoms with Gasteiger partial charge in [-0.15, -0.1) is 0 Å². The number of benzene rings is 3. The summed E-state index contributed by atoms with van der Waals surface area (Å²) in [6.07, 6.45) is 0. The summed E-state index contributed by atoms with van der Waals surface area (Å²) in [6.45, 7) is 5.19. The molecule has 1 heterocycles. The van der Waals surface area contributed by atoms with Gasteiger partial charge in [0.2, 0.25) is 0 Å². The molecule has 4 rings (SSSR count). The molecule has 0 aliphatic rings. The topological polar surface area (TPSA) is 17.8 Å². The normalized spacial score (nSPS) is 11.4. The van der Waals surface area contributed by atoms with Gasteiger partial charge in [-0.1, -0.05) is 74.0 Å². The lowest BCUT2D eigenvalue weighted by molar-refractivity contribution is 0.833. The molecule has 0 radical (unpaired) electrons. The largest absolute Gasteiger partial charge is 0.319 e. The molecule has 0 aliphatic heterocycles. The summed E-state index contributed by atoms with van der Waals surface area (Å²) in [5, 5.41) is 0.758. The predicted molar refractivity (Wildman–Crippen MR) is 110 cm³/mol. The number of nitrogens with zero attached hydrogens (tertiary/aromatic N) is 2. The fourth-order valence-electron chi connectivity index (χ4n) is 3.25. The van der Waals surface area contributed by atoms with Crippen molar-refractivity contribution in [2.24, 2.45) is 0 Å². The SMILES string of the molecule is CC(C)c1ccc(-c2nc3ccccc3n2Cc2ccc(Cl)cc2)cc1. The molecule has 1 aromatic heterocycles. The molecule has 0 atom stereocenters. The van der Waals surface area contributed by atoms with Crippen LogP contribution in [0, 0.1) is 0 Å². The van der Waals surface area contributed by atoms with E-state index in [0.29, 0.717) is 5.92 Å². The summed E-state index contributed by atoms with van der Waals surface area (Å²) < 4.78 is 2.28. The average molecular weight is 361 g/mol. The van der Waals surface area contributed by atoms with Crippen LogP contribution in [0.1, 0.15) is 30.9 Å². The first kappa shape index (κ1) is 16.9. The first-order chi connectivity index (χ1) is 12.6. The average Bonchev–Trinajstić information content (AvgIpc) is 3.02. The second-order valence-corrected chi connectivity index (χ2v) is 7.35. The Labute approximate surface area is 159 Å². The van der Waals surface area contributed by atoms with Crippen molar-refractivity contribution < 1.29 is 0 Å². The Kier molecular flexibility index (Phi) is 4.52. The molecule has 3 aromatic carbocycles. The van der Waals surface area contributed by atoms with E-state index in [9.17, 15) is 0 Å².